The van der Waals surface area contributed by atoms with Gasteiger partial charge in [0.2, 0.25) is 0 Å². The minimum Gasteiger partial charge on any atom is -0.357 e. The molecule has 2 aromatic rings. The predicted octanol–water partition coefficient (Wildman–Crippen LogP) is 3.86. The van der Waals surface area contributed by atoms with Crippen molar-refractivity contribution < 1.29 is 0 Å². The molecular formula is C20H28N4S. The third kappa shape index (κ3) is 4.21. The lowest BCUT2D eigenvalue weighted by Crippen LogP contribution is -2.41. The van der Waals surface area contributed by atoms with Gasteiger partial charge in [0, 0.05) is 23.4 Å². The molecule has 0 aliphatic heterocycles. The van der Waals surface area contributed by atoms with E-state index >= 15 is 0 Å². The maximum atomic E-state index is 4.73. The van der Waals surface area contributed by atoms with Gasteiger partial charge in [-0.05, 0) is 51.7 Å². The van der Waals surface area contributed by atoms with E-state index in [-0.39, 0.29) is 5.41 Å². The summed E-state index contributed by atoms with van der Waals surface area (Å²) in [6.07, 6.45) is 2.49. The summed E-state index contributed by atoms with van der Waals surface area (Å²) >= 11 is 1.74. The highest BCUT2D eigenvalue weighted by atomic mass is 32.1. The van der Waals surface area contributed by atoms with Gasteiger partial charge in [-0.3, -0.25) is 0 Å². The van der Waals surface area contributed by atoms with Gasteiger partial charge in [-0.25, -0.2) is 9.98 Å². The first-order valence-electron chi connectivity index (χ1n) is 9.05. The van der Waals surface area contributed by atoms with Crippen LogP contribution >= 0.6 is 11.3 Å². The van der Waals surface area contributed by atoms with Crippen molar-refractivity contribution in [2.45, 2.75) is 52.5 Å². The molecule has 0 bridgehead atoms. The van der Waals surface area contributed by atoms with Crippen molar-refractivity contribution >= 4 is 17.3 Å². The van der Waals surface area contributed by atoms with Gasteiger partial charge in [-0.15, -0.1) is 11.3 Å². The number of aromatic nitrogens is 1. The van der Waals surface area contributed by atoms with E-state index in [2.05, 4.69) is 67.6 Å². The highest BCUT2D eigenvalue weighted by molar-refractivity contribution is 7.11. The molecule has 0 unspecified atom stereocenters. The molecule has 0 spiro atoms. The van der Waals surface area contributed by atoms with Gasteiger partial charge in [0.15, 0.2) is 5.96 Å². The van der Waals surface area contributed by atoms with Crippen molar-refractivity contribution in [2.24, 2.45) is 4.99 Å². The lowest BCUT2D eigenvalue weighted by Gasteiger charge is -2.20. The molecule has 1 fully saturated rings. The minimum absolute atomic E-state index is 0.274. The Morgan fingerprint density at radius 2 is 1.96 bits per heavy atom. The van der Waals surface area contributed by atoms with Gasteiger partial charge in [-0.2, -0.15) is 0 Å². The van der Waals surface area contributed by atoms with Crippen LogP contribution in [0.5, 0.6) is 0 Å². The third-order valence-corrected chi connectivity index (χ3v) is 6.01. The van der Waals surface area contributed by atoms with Gasteiger partial charge in [0.25, 0.3) is 0 Å². The third-order valence-electron chi connectivity index (χ3n) is 4.95. The fourth-order valence-corrected chi connectivity index (χ4v) is 4.07. The molecule has 1 aliphatic carbocycles. The predicted molar refractivity (Wildman–Crippen MR) is 106 cm³/mol. The first-order valence-corrected chi connectivity index (χ1v) is 9.87. The van der Waals surface area contributed by atoms with Crippen molar-refractivity contribution in [1.82, 2.24) is 15.6 Å². The van der Waals surface area contributed by atoms with Crippen molar-refractivity contribution in [1.29, 1.82) is 0 Å². The summed E-state index contributed by atoms with van der Waals surface area (Å²) in [5.74, 6) is 0.882. The average molecular weight is 357 g/mol. The van der Waals surface area contributed by atoms with E-state index in [9.17, 15) is 0 Å². The van der Waals surface area contributed by atoms with Crippen molar-refractivity contribution in [2.75, 3.05) is 13.1 Å². The second kappa shape index (κ2) is 7.56. The average Bonchev–Trinajstić information content (AvgIpc) is 3.31. The molecular weight excluding hydrogens is 328 g/mol. The lowest BCUT2D eigenvalue weighted by molar-refractivity contribution is 0.642. The van der Waals surface area contributed by atoms with E-state index in [1.807, 2.05) is 0 Å². The Hall–Kier alpha value is -1.88. The normalized spacial score (nSPS) is 15.9. The summed E-state index contributed by atoms with van der Waals surface area (Å²) in [5, 5.41) is 7.99. The second-order valence-electron chi connectivity index (χ2n) is 6.89. The molecule has 1 aromatic carbocycles. The monoisotopic (exact) mass is 356 g/mol. The number of hydrogen-bond donors (Lipinski definition) is 2. The zero-order chi connectivity index (χ0) is 17.9. The minimum atomic E-state index is 0.274. The van der Waals surface area contributed by atoms with E-state index in [4.69, 9.17) is 4.99 Å². The van der Waals surface area contributed by atoms with Crippen molar-refractivity contribution in [3.05, 3.63) is 51.0 Å². The van der Waals surface area contributed by atoms with Crippen LogP contribution in [0.25, 0.3) is 0 Å². The van der Waals surface area contributed by atoms with Gasteiger partial charge in [-0.1, -0.05) is 24.3 Å². The van der Waals surface area contributed by atoms with E-state index in [0.717, 1.165) is 29.8 Å². The van der Waals surface area contributed by atoms with Crippen LogP contribution in [0.3, 0.4) is 0 Å². The Labute approximate surface area is 154 Å². The molecule has 1 aliphatic rings. The summed E-state index contributed by atoms with van der Waals surface area (Å²) in [5.41, 5.74) is 4.25. The molecule has 0 atom stereocenters. The van der Waals surface area contributed by atoms with Crippen LogP contribution in [0.15, 0.2) is 29.3 Å². The van der Waals surface area contributed by atoms with Gasteiger partial charge in [0.05, 0.1) is 12.2 Å². The van der Waals surface area contributed by atoms with Gasteiger partial charge < -0.3 is 10.6 Å². The summed E-state index contributed by atoms with van der Waals surface area (Å²) in [6.45, 7) is 10.9. The number of aliphatic imine (C=N–C) groups is 1. The summed E-state index contributed by atoms with van der Waals surface area (Å²) in [4.78, 5) is 10.6. The zero-order valence-corrected chi connectivity index (χ0v) is 16.5. The fraction of sp³-hybridized carbons (Fsp3) is 0.500. The van der Waals surface area contributed by atoms with E-state index < -0.39 is 0 Å². The van der Waals surface area contributed by atoms with Crippen LogP contribution in [0.4, 0.5) is 0 Å². The van der Waals surface area contributed by atoms with Gasteiger partial charge >= 0.3 is 0 Å². The molecule has 25 heavy (non-hydrogen) atoms. The number of guanidine groups is 1. The topological polar surface area (TPSA) is 49.3 Å². The lowest BCUT2D eigenvalue weighted by atomic mass is 9.92. The highest BCUT2D eigenvalue weighted by Crippen LogP contribution is 2.48. The number of rotatable bonds is 6. The summed E-state index contributed by atoms with van der Waals surface area (Å²) < 4.78 is 0. The Balaban J connectivity index is 1.66. The first-order chi connectivity index (χ1) is 12.0. The largest absolute Gasteiger partial charge is 0.357 e. The fourth-order valence-electron chi connectivity index (χ4n) is 3.21. The van der Waals surface area contributed by atoms with E-state index in [1.165, 1.54) is 28.8 Å². The quantitative estimate of drug-likeness (QED) is 0.610. The molecule has 0 amide bonds. The Bertz CT molecular complexity index is 739. The molecule has 1 saturated carbocycles. The number of thiazole rings is 1. The van der Waals surface area contributed by atoms with Crippen LogP contribution in [0, 0.1) is 20.8 Å². The molecule has 2 N–H and O–H groups in total. The highest BCUT2D eigenvalue weighted by Gasteiger charge is 2.44. The molecule has 1 aromatic heterocycles. The zero-order valence-electron chi connectivity index (χ0n) is 15.6. The second-order valence-corrected chi connectivity index (χ2v) is 8.18. The molecule has 4 nitrogen and oxygen atoms in total. The maximum Gasteiger partial charge on any atom is 0.191 e. The van der Waals surface area contributed by atoms with Crippen molar-refractivity contribution in [3.63, 3.8) is 0 Å². The Morgan fingerprint density at radius 3 is 2.56 bits per heavy atom. The molecule has 134 valence electrons. The SMILES string of the molecule is CCNC(=NCc1nc(C)c(C)s1)NCC1(c2ccccc2C)CC1. The van der Waals surface area contributed by atoms with Crippen LogP contribution in [-0.4, -0.2) is 24.0 Å². The van der Waals surface area contributed by atoms with Crippen LogP contribution in [0.2, 0.25) is 0 Å². The van der Waals surface area contributed by atoms with Crippen molar-refractivity contribution in [3.8, 4) is 0 Å². The molecule has 3 rings (SSSR count). The first kappa shape index (κ1) is 17.9. The molecule has 5 heteroatoms. The number of nitrogens with one attached hydrogen (secondary N) is 2. The summed E-state index contributed by atoms with van der Waals surface area (Å²) in [7, 11) is 0. The smallest absolute Gasteiger partial charge is 0.191 e. The van der Waals surface area contributed by atoms with Crippen LogP contribution in [-0.2, 0) is 12.0 Å². The van der Waals surface area contributed by atoms with Gasteiger partial charge in [0.1, 0.15) is 5.01 Å². The van der Waals surface area contributed by atoms with Crippen LogP contribution < -0.4 is 10.6 Å². The van der Waals surface area contributed by atoms with E-state index in [1.54, 1.807) is 11.3 Å². The maximum absolute atomic E-state index is 4.73. The number of nitrogens with zero attached hydrogens (tertiary/aromatic N) is 2. The number of aryl methyl sites for hydroxylation is 3. The summed E-state index contributed by atoms with van der Waals surface area (Å²) in [6, 6.07) is 8.75. The molecule has 0 radical (unpaired) electrons. The number of benzene rings is 1. The standard InChI is InChI=1S/C20H28N4S/c1-5-21-19(22-12-18-24-15(3)16(4)25-18)23-13-20(10-11-20)17-9-7-6-8-14(17)2/h6-9H,5,10-13H2,1-4H3,(H2,21,22,23). The molecule has 0 saturated heterocycles. The Morgan fingerprint density at radius 1 is 1.20 bits per heavy atom. The van der Waals surface area contributed by atoms with E-state index in [0.29, 0.717) is 6.54 Å². The van der Waals surface area contributed by atoms with Crippen LogP contribution in [0.1, 0.15) is 46.5 Å². The Kier molecular flexibility index (Phi) is 5.42. The number of hydrogen-bond acceptors (Lipinski definition) is 3. The molecule has 1 heterocycles.